The first-order chi connectivity index (χ1) is 40.7. The molecule has 1 unspecified atom stereocenters. The molecule has 4 amide bonds. The molecule has 4 aromatic rings. The number of aliphatic carboxylic acids is 1. The maximum atomic E-state index is 13.9. The van der Waals surface area contributed by atoms with Gasteiger partial charge in [-0.2, -0.15) is 0 Å². The van der Waals surface area contributed by atoms with Gasteiger partial charge in [0.05, 0.1) is 54.3 Å². The average Bonchev–Trinajstić information content (AvgIpc) is 1.22. The number of aliphatic imine (C=N–C) groups is 1. The lowest BCUT2D eigenvalue weighted by Gasteiger charge is -2.33. The molecular weight excluding hydrogens is 1170 g/mol. The summed E-state index contributed by atoms with van der Waals surface area (Å²) in [7, 11) is -0.689. The number of sulfonamides is 1. The molecule has 26 heteroatoms. The van der Waals surface area contributed by atoms with E-state index in [4.69, 9.17) is 14.2 Å². The number of hydrogen-bond acceptors (Lipinski definition) is 18. The van der Waals surface area contributed by atoms with Crippen LogP contribution in [0.4, 0.5) is 15.1 Å². The highest BCUT2D eigenvalue weighted by atomic mass is 32.2. The number of nitrogens with zero attached hydrogens (tertiary/aromatic N) is 7. The SMILES string of the molecule is CC1=C(C)C(=O)C(C(C)(C)CC(=O)N(C)CCN(CCOCCOCCC(=O)NCCNC(=O)CCCC/C=C/c2c(-c3ccc(F)cc3)nc(N(C)S(C)(=O)=O)nc2C(C)C)C(=O)Oc2ccc3nc(C4=NC(C(=O)O)CS4)sc3c2)=C(C)C1=O. The molecule has 1 aliphatic heterocycles. The minimum Gasteiger partial charge on any atom is -0.480 e. The van der Waals surface area contributed by atoms with E-state index in [-0.39, 0.29) is 125 Å². The molecule has 3 heterocycles. The van der Waals surface area contributed by atoms with Crippen LogP contribution in [0, 0.1) is 11.2 Å². The summed E-state index contributed by atoms with van der Waals surface area (Å²) in [5, 5.41) is 16.0. The first-order valence-electron chi connectivity index (χ1n) is 28.2. The number of rotatable bonds is 31. The summed E-state index contributed by atoms with van der Waals surface area (Å²) in [6.45, 7) is 13.3. The molecule has 6 rings (SSSR count). The van der Waals surface area contributed by atoms with Crippen LogP contribution in [0.2, 0.25) is 0 Å². The van der Waals surface area contributed by atoms with Crippen molar-refractivity contribution < 1.29 is 65.7 Å². The van der Waals surface area contributed by atoms with Crippen molar-refractivity contribution in [3.63, 3.8) is 0 Å². The molecule has 2 aromatic heterocycles. The van der Waals surface area contributed by atoms with Crippen LogP contribution < -0.4 is 19.7 Å². The van der Waals surface area contributed by atoms with Crippen molar-refractivity contribution in [2.24, 2.45) is 10.4 Å². The number of benzene rings is 2. The molecule has 0 spiro atoms. The summed E-state index contributed by atoms with van der Waals surface area (Å²) < 4.78 is 57.6. The van der Waals surface area contributed by atoms with Crippen molar-refractivity contribution >= 4 is 102 Å². The fraction of sp³-hybridized carbons (Fsp3) is 0.483. The standard InChI is InChI=1S/C60H76FN9O13S3/c1-36(2)51-43(52(40-17-19-41(61)20-18-40)67-58(66-51)69(9)86(10,79)80)15-13-11-12-14-16-47(71)62-24-25-63-48(72)23-29-81-31-32-82-30-28-70(27-26-68(8)49(73)34-60(6,7)50-39(5)53(74)37(3)38(4)54(50)75)59(78)83-42-21-22-44-46(33-42)85-56(64-44)55-65-45(35-84-55)57(76)77/h13,15,17-22,33,36,45H,11-12,14,16,23-32,34-35H2,1-10H3,(H,62,71)(H,63,72)(H,76,77)/b15-13+. The third-order valence-electron chi connectivity index (χ3n) is 14.4. The predicted octanol–water partition coefficient (Wildman–Crippen LogP) is 7.77. The summed E-state index contributed by atoms with van der Waals surface area (Å²) in [6, 6.07) is 9.89. The minimum absolute atomic E-state index is 0.00606. The topological polar surface area (TPSA) is 286 Å². The van der Waals surface area contributed by atoms with Crippen LogP contribution in [0.1, 0.15) is 109 Å². The fourth-order valence-electron chi connectivity index (χ4n) is 9.23. The zero-order valence-electron chi connectivity index (χ0n) is 50.2. The highest BCUT2D eigenvalue weighted by Crippen LogP contribution is 2.40. The number of carboxylic acids is 1. The molecule has 0 saturated heterocycles. The highest BCUT2D eigenvalue weighted by Gasteiger charge is 2.39. The molecule has 1 aliphatic carbocycles. The Kier molecular flexibility index (Phi) is 24.4. The number of ketones is 2. The highest BCUT2D eigenvalue weighted by molar-refractivity contribution is 8.15. The third-order valence-corrected chi connectivity index (χ3v) is 17.7. The van der Waals surface area contributed by atoms with E-state index in [2.05, 4.69) is 30.6 Å². The molecule has 3 N–H and O–H groups in total. The summed E-state index contributed by atoms with van der Waals surface area (Å²) in [5.41, 5.74) is 3.40. The lowest BCUT2D eigenvalue weighted by molar-refractivity contribution is -0.138. The van der Waals surface area contributed by atoms with E-state index in [1.54, 1.807) is 72.0 Å². The molecule has 0 bridgehead atoms. The Bertz CT molecular complexity index is 3430. The number of thiazole rings is 1. The Morgan fingerprint density at radius 2 is 1.51 bits per heavy atom. The number of ether oxygens (including phenoxy) is 3. The molecule has 2 aliphatic rings. The Hall–Kier alpha value is -7.26. The maximum Gasteiger partial charge on any atom is 0.415 e. The first kappa shape index (κ1) is 67.9. The lowest BCUT2D eigenvalue weighted by atomic mass is 9.71. The van der Waals surface area contributed by atoms with Gasteiger partial charge in [0, 0.05) is 117 Å². The normalized spacial score (nSPS) is 14.8. The number of aromatic nitrogens is 3. The van der Waals surface area contributed by atoms with Crippen LogP contribution in [0.5, 0.6) is 5.75 Å². The monoisotopic (exact) mass is 1250 g/mol. The average molecular weight is 1250 g/mol. The fourth-order valence-corrected chi connectivity index (χ4v) is 11.7. The quantitative estimate of drug-likeness (QED) is 0.0320. The first-order valence-corrected chi connectivity index (χ1v) is 31.8. The number of thioether (sulfide) groups is 1. The van der Waals surface area contributed by atoms with Gasteiger partial charge in [0.25, 0.3) is 0 Å². The van der Waals surface area contributed by atoms with Gasteiger partial charge in [0.1, 0.15) is 21.6 Å². The smallest absolute Gasteiger partial charge is 0.415 e. The van der Waals surface area contributed by atoms with Crippen molar-refractivity contribution in [1.29, 1.82) is 0 Å². The van der Waals surface area contributed by atoms with Crippen molar-refractivity contribution in [3.8, 4) is 17.0 Å². The van der Waals surface area contributed by atoms with E-state index in [0.29, 0.717) is 90.1 Å². The van der Waals surface area contributed by atoms with Crippen LogP contribution in [0.3, 0.4) is 0 Å². The molecule has 1 atom stereocenters. The molecule has 86 heavy (non-hydrogen) atoms. The maximum absolute atomic E-state index is 13.9. The number of amides is 4. The second-order valence-electron chi connectivity index (χ2n) is 21.8. The number of unbranched alkanes of at least 4 members (excludes halogenated alkanes) is 2. The molecule has 22 nitrogen and oxygen atoms in total. The van der Waals surface area contributed by atoms with Crippen molar-refractivity contribution in [1.82, 2.24) is 35.4 Å². The summed E-state index contributed by atoms with van der Waals surface area (Å²) >= 11 is 2.60. The second-order valence-corrected chi connectivity index (χ2v) is 25.8. The number of anilines is 1. The van der Waals surface area contributed by atoms with Crippen LogP contribution in [-0.2, 0) is 48.3 Å². The number of carboxylic acid groups (broad SMARTS) is 1. The minimum atomic E-state index is -3.66. The molecule has 0 saturated carbocycles. The largest absolute Gasteiger partial charge is 0.480 e. The van der Waals surface area contributed by atoms with Crippen LogP contribution >= 0.6 is 23.1 Å². The van der Waals surface area contributed by atoms with Crippen LogP contribution in [0.25, 0.3) is 27.6 Å². The van der Waals surface area contributed by atoms with Crippen LogP contribution in [-0.4, -0.2) is 176 Å². The van der Waals surface area contributed by atoms with E-state index in [1.165, 1.54) is 52.1 Å². The number of nitrogens with one attached hydrogen (secondary N) is 2. The van der Waals surface area contributed by atoms with Gasteiger partial charge in [-0.3, -0.25) is 29.0 Å². The number of allylic oxidation sites excluding steroid dienone is 5. The van der Waals surface area contributed by atoms with Gasteiger partial charge in [-0.05, 0) is 82.3 Å². The van der Waals surface area contributed by atoms with Crippen molar-refractivity contribution in [2.75, 3.05) is 89.6 Å². The molecule has 0 radical (unpaired) electrons. The summed E-state index contributed by atoms with van der Waals surface area (Å²) in [5.74, 6) is -2.21. The summed E-state index contributed by atoms with van der Waals surface area (Å²) in [6.07, 6.45) is 6.37. The van der Waals surface area contributed by atoms with E-state index in [9.17, 15) is 51.5 Å². The molecular formula is C60H76FN9O13S3. The number of carbonyl (C=O) groups is 7. The zero-order chi connectivity index (χ0) is 63.0. The number of carbonyl (C=O) groups excluding carboxylic acids is 6. The van der Waals surface area contributed by atoms with E-state index in [1.807, 2.05) is 26.0 Å². The predicted molar refractivity (Wildman–Crippen MR) is 329 cm³/mol. The zero-order valence-corrected chi connectivity index (χ0v) is 52.7. The van der Waals surface area contributed by atoms with Crippen molar-refractivity contribution in [3.05, 3.63) is 92.9 Å². The van der Waals surface area contributed by atoms with Gasteiger partial charge >= 0.3 is 12.1 Å². The molecule has 0 fully saturated rings. The number of likely N-dealkylation sites (N-methyl/N-ethyl adjacent to an activating group) is 1. The number of hydrogen-bond donors (Lipinski definition) is 3. The summed E-state index contributed by atoms with van der Waals surface area (Å²) in [4.78, 5) is 111. The Morgan fingerprint density at radius 1 is 0.849 bits per heavy atom. The number of halogens is 1. The van der Waals surface area contributed by atoms with E-state index >= 15 is 0 Å². The van der Waals surface area contributed by atoms with Gasteiger partial charge in [-0.1, -0.05) is 39.8 Å². The van der Waals surface area contributed by atoms with E-state index in [0.717, 1.165) is 10.6 Å². The van der Waals surface area contributed by atoms with Gasteiger partial charge in [-0.15, -0.1) is 23.1 Å². The van der Waals surface area contributed by atoms with E-state index < -0.39 is 39.4 Å². The second kappa shape index (κ2) is 30.9. The van der Waals surface area contributed by atoms with Crippen molar-refractivity contribution in [2.45, 2.75) is 99.0 Å². The van der Waals surface area contributed by atoms with Crippen LogP contribution in [0.15, 0.2) is 75.8 Å². The van der Waals surface area contributed by atoms with Gasteiger partial charge < -0.3 is 39.8 Å². The van der Waals surface area contributed by atoms with Gasteiger partial charge in [0.15, 0.2) is 17.6 Å². The number of Topliss-reactive ketones (excluding diaryl/α,β-unsaturated/α-hetero) is 2. The lowest BCUT2D eigenvalue weighted by Crippen LogP contribution is -2.43. The third kappa shape index (κ3) is 18.6. The molecule has 2 aromatic carbocycles. The Morgan fingerprint density at radius 3 is 2.16 bits per heavy atom. The van der Waals surface area contributed by atoms with Gasteiger partial charge in [0.2, 0.25) is 33.7 Å². The Balaban J connectivity index is 0.913. The van der Waals surface area contributed by atoms with Gasteiger partial charge in [-0.25, -0.2) is 41.7 Å². The Labute approximate surface area is 509 Å². The number of fused-ring (bicyclic) bond motifs is 1. The molecule has 464 valence electrons.